The maximum atomic E-state index is 13.7. The monoisotopic (exact) mass is 506 g/mol. The molecule has 9 heteroatoms. The first-order valence-corrected chi connectivity index (χ1v) is 13.3. The Labute approximate surface area is 213 Å². The Balaban J connectivity index is 1.50. The Morgan fingerprint density at radius 3 is 2.78 bits per heavy atom. The number of benzene rings is 1. The minimum Gasteiger partial charge on any atom is -0.480 e. The van der Waals surface area contributed by atoms with Crippen LogP contribution in [0.3, 0.4) is 0 Å². The molecule has 2 fully saturated rings. The Morgan fingerprint density at radius 1 is 1.22 bits per heavy atom. The number of thiazole rings is 1. The number of allylic oxidation sites excluding steroid dienone is 1. The van der Waals surface area contributed by atoms with Crippen LogP contribution in [0.1, 0.15) is 49.2 Å². The summed E-state index contributed by atoms with van der Waals surface area (Å²) in [4.78, 5) is 49.2. The minimum atomic E-state index is -1.63. The molecule has 36 heavy (non-hydrogen) atoms. The predicted octanol–water partition coefficient (Wildman–Crippen LogP) is 4.07. The van der Waals surface area contributed by atoms with E-state index in [2.05, 4.69) is 28.3 Å². The highest BCUT2D eigenvalue weighted by Crippen LogP contribution is 2.50. The van der Waals surface area contributed by atoms with Crippen molar-refractivity contribution in [3.63, 3.8) is 0 Å². The molecule has 2 aromatic heterocycles. The van der Waals surface area contributed by atoms with Crippen LogP contribution >= 0.6 is 11.3 Å². The number of amides is 2. The number of likely N-dealkylation sites (tertiary alicyclic amines) is 1. The molecule has 3 aromatic rings. The van der Waals surface area contributed by atoms with Crippen molar-refractivity contribution in [2.45, 2.75) is 50.6 Å². The number of carbonyl (C=O) groups excluding carboxylic acids is 2. The number of nitrogens with zero attached hydrogens (tertiary/aromatic N) is 2. The molecule has 4 heterocycles. The lowest BCUT2D eigenvalue weighted by Gasteiger charge is -2.31. The molecule has 0 radical (unpaired) electrons. The van der Waals surface area contributed by atoms with Gasteiger partial charge in [0, 0.05) is 41.6 Å². The summed E-state index contributed by atoms with van der Waals surface area (Å²) >= 11 is 1.36. The number of carbonyl (C=O) groups is 3. The molecule has 188 valence electrons. The molecule has 1 aromatic carbocycles. The van der Waals surface area contributed by atoms with Crippen LogP contribution in [0.25, 0.3) is 10.9 Å². The quantitative estimate of drug-likeness (QED) is 0.217. The van der Waals surface area contributed by atoms with E-state index in [0.717, 1.165) is 35.7 Å². The first-order chi connectivity index (χ1) is 17.5. The normalized spacial score (nSPS) is 25.9. The molecule has 0 aliphatic carbocycles. The van der Waals surface area contributed by atoms with Crippen LogP contribution in [0.15, 0.2) is 54.2 Å². The number of carboxylic acids is 1. The lowest BCUT2D eigenvalue weighted by molar-refractivity contribution is -0.151. The van der Waals surface area contributed by atoms with E-state index in [9.17, 15) is 19.5 Å². The van der Waals surface area contributed by atoms with Crippen molar-refractivity contribution >= 4 is 40.0 Å². The number of hydrogen-bond donors (Lipinski definition) is 3. The van der Waals surface area contributed by atoms with Crippen molar-refractivity contribution in [1.29, 1.82) is 0 Å². The Morgan fingerprint density at radius 2 is 2.03 bits per heavy atom. The molecule has 2 amide bonds. The van der Waals surface area contributed by atoms with Gasteiger partial charge in [-0.2, -0.15) is 0 Å². The van der Waals surface area contributed by atoms with Gasteiger partial charge < -0.3 is 10.1 Å². The van der Waals surface area contributed by atoms with Crippen molar-refractivity contribution in [2.75, 3.05) is 6.54 Å². The molecule has 0 bridgehead atoms. The third-order valence-corrected chi connectivity index (χ3v) is 8.26. The number of aromatic amines is 1. The summed E-state index contributed by atoms with van der Waals surface area (Å²) in [6.45, 7) is 2.38. The van der Waals surface area contributed by atoms with Crippen molar-refractivity contribution in [1.82, 2.24) is 20.2 Å². The zero-order valence-electron chi connectivity index (χ0n) is 20.1. The zero-order chi connectivity index (χ0) is 25.3. The highest BCUT2D eigenvalue weighted by atomic mass is 32.1. The molecule has 2 aliphatic rings. The van der Waals surface area contributed by atoms with E-state index >= 15 is 0 Å². The second kappa shape index (κ2) is 9.99. The SMILES string of the molecule is CCCC/C=C/CCN1C(=O)C2C(c3nccs3)NC(Cc3c[nH]c4ccccc34)(C(=O)O)C2C1=O. The maximum absolute atomic E-state index is 13.7. The van der Waals surface area contributed by atoms with Crippen LogP contribution in [0.2, 0.25) is 0 Å². The van der Waals surface area contributed by atoms with E-state index < -0.39 is 35.3 Å². The van der Waals surface area contributed by atoms with E-state index in [1.807, 2.05) is 30.3 Å². The molecule has 4 unspecified atom stereocenters. The van der Waals surface area contributed by atoms with Gasteiger partial charge in [-0.1, -0.05) is 50.1 Å². The number of hydrogen-bond acceptors (Lipinski definition) is 6. The Kier molecular flexibility index (Phi) is 6.77. The van der Waals surface area contributed by atoms with Gasteiger partial charge in [-0.25, -0.2) is 4.98 Å². The van der Waals surface area contributed by atoms with Gasteiger partial charge in [0.05, 0.1) is 17.9 Å². The molecule has 8 nitrogen and oxygen atoms in total. The lowest BCUT2D eigenvalue weighted by Crippen LogP contribution is -2.57. The maximum Gasteiger partial charge on any atom is 0.325 e. The molecule has 0 spiro atoms. The number of nitrogens with one attached hydrogen (secondary N) is 2. The van der Waals surface area contributed by atoms with Gasteiger partial charge in [-0.05, 0) is 24.5 Å². The number of carboxylic acid groups (broad SMARTS) is 1. The largest absolute Gasteiger partial charge is 0.480 e. The van der Waals surface area contributed by atoms with Crippen LogP contribution in [0.5, 0.6) is 0 Å². The fourth-order valence-electron chi connectivity index (χ4n) is 5.66. The topological polar surface area (TPSA) is 115 Å². The number of H-pyrrole nitrogens is 1. The zero-order valence-corrected chi connectivity index (χ0v) is 21.0. The summed E-state index contributed by atoms with van der Waals surface area (Å²) in [6.07, 6.45) is 11.3. The summed E-state index contributed by atoms with van der Waals surface area (Å²) in [7, 11) is 0. The first kappa shape index (κ1) is 24.4. The van der Waals surface area contributed by atoms with Crippen LogP contribution in [-0.4, -0.2) is 49.8 Å². The van der Waals surface area contributed by atoms with Gasteiger partial charge in [0.25, 0.3) is 0 Å². The van der Waals surface area contributed by atoms with E-state index in [0.29, 0.717) is 11.4 Å². The van der Waals surface area contributed by atoms with Crippen LogP contribution < -0.4 is 5.32 Å². The number of para-hydroxylation sites is 1. The van der Waals surface area contributed by atoms with Crippen LogP contribution in [0, 0.1) is 11.8 Å². The molecule has 5 rings (SSSR count). The number of aliphatic carboxylic acids is 1. The molecule has 4 atom stereocenters. The fraction of sp³-hybridized carbons (Fsp3) is 0.407. The average molecular weight is 507 g/mol. The summed E-state index contributed by atoms with van der Waals surface area (Å²) in [5.41, 5.74) is 0.0470. The van der Waals surface area contributed by atoms with Gasteiger partial charge in [-0.3, -0.25) is 24.6 Å². The third kappa shape index (κ3) is 4.06. The van der Waals surface area contributed by atoms with Gasteiger partial charge in [0.1, 0.15) is 10.5 Å². The standard InChI is InChI=1S/C27H30N4O4S/c1-2-3-4-5-6-9-13-31-24(32)20-21(25(31)33)27(26(34)35,30-22(20)23-28-12-14-36-23)15-17-16-29-19-11-8-7-10-18(17)19/h5-8,10-12,14,16,20-22,29-30H,2-4,9,13,15H2,1H3,(H,34,35)/b6-5+. The summed E-state index contributed by atoms with van der Waals surface area (Å²) < 4.78 is 0. The van der Waals surface area contributed by atoms with E-state index in [4.69, 9.17) is 0 Å². The molecular weight excluding hydrogens is 476 g/mol. The van der Waals surface area contributed by atoms with Gasteiger partial charge in [-0.15, -0.1) is 11.3 Å². The number of rotatable bonds is 10. The number of fused-ring (bicyclic) bond motifs is 2. The Hall–Kier alpha value is -3.30. The third-order valence-electron chi connectivity index (χ3n) is 7.40. The second-order valence-electron chi connectivity index (χ2n) is 9.54. The van der Waals surface area contributed by atoms with E-state index in [-0.39, 0.29) is 18.9 Å². The van der Waals surface area contributed by atoms with Crippen molar-refractivity contribution in [3.05, 3.63) is 64.8 Å². The van der Waals surface area contributed by atoms with Crippen molar-refractivity contribution in [3.8, 4) is 0 Å². The first-order valence-electron chi connectivity index (χ1n) is 12.4. The van der Waals surface area contributed by atoms with Gasteiger partial charge in [0.2, 0.25) is 11.8 Å². The van der Waals surface area contributed by atoms with Crippen LogP contribution in [0.4, 0.5) is 0 Å². The number of unbranched alkanes of at least 4 members (excludes halogenated alkanes) is 2. The second-order valence-corrected chi connectivity index (χ2v) is 10.5. The minimum absolute atomic E-state index is 0.0686. The van der Waals surface area contributed by atoms with Crippen molar-refractivity contribution in [2.24, 2.45) is 11.8 Å². The van der Waals surface area contributed by atoms with Gasteiger partial charge >= 0.3 is 5.97 Å². The lowest BCUT2D eigenvalue weighted by atomic mass is 9.76. The highest BCUT2D eigenvalue weighted by Gasteiger charge is 2.68. The molecule has 3 N–H and O–H groups in total. The summed E-state index contributed by atoms with van der Waals surface area (Å²) in [5.74, 6) is -3.70. The van der Waals surface area contributed by atoms with E-state index in [1.54, 1.807) is 17.8 Å². The van der Waals surface area contributed by atoms with Crippen LogP contribution in [-0.2, 0) is 20.8 Å². The molecule has 2 saturated heterocycles. The van der Waals surface area contributed by atoms with E-state index in [1.165, 1.54) is 16.2 Å². The predicted molar refractivity (Wildman–Crippen MR) is 137 cm³/mol. The summed E-state index contributed by atoms with van der Waals surface area (Å²) in [6, 6.07) is 7.02. The average Bonchev–Trinajstić information content (AvgIpc) is 3.64. The molecule has 0 saturated carbocycles. The van der Waals surface area contributed by atoms with Crippen molar-refractivity contribution < 1.29 is 19.5 Å². The number of imide groups is 1. The smallest absolute Gasteiger partial charge is 0.325 e. The summed E-state index contributed by atoms with van der Waals surface area (Å²) in [5, 5.41) is 17.2. The highest BCUT2D eigenvalue weighted by molar-refractivity contribution is 7.09. The number of aromatic nitrogens is 2. The van der Waals surface area contributed by atoms with Gasteiger partial charge in [0.15, 0.2) is 0 Å². The molecule has 2 aliphatic heterocycles. The molecular formula is C27H30N4O4S. The Bertz CT molecular complexity index is 1300. The fourth-order valence-corrected chi connectivity index (χ4v) is 6.39.